The summed E-state index contributed by atoms with van der Waals surface area (Å²) in [6, 6.07) is 7.19. The van der Waals surface area contributed by atoms with Gasteiger partial charge in [0, 0.05) is 43.3 Å². The molecule has 1 unspecified atom stereocenters. The van der Waals surface area contributed by atoms with Crippen molar-refractivity contribution in [3.63, 3.8) is 0 Å². The SMILES string of the molecule is CNCC1CN(CCC(=O)Nc2cccc(Cl)c2)CCO1. The van der Waals surface area contributed by atoms with E-state index in [0.717, 1.165) is 38.5 Å². The average Bonchev–Trinajstić information content (AvgIpc) is 2.46. The van der Waals surface area contributed by atoms with Crippen molar-refractivity contribution in [2.24, 2.45) is 0 Å². The molecule has 0 saturated carbocycles. The van der Waals surface area contributed by atoms with E-state index in [-0.39, 0.29) is 12.0 Å². The van der Waals surface area contributed by atoms with E-state index >= 15 is 0 Å². The fraction of sp³-hybridized carbons (Fsp3) is 0.533. The molecule has 116 valence electrons. The van der Waals surface area contributed by atoms with Crippen molar-refractivity contribution in [3.8, 4) is 0 Å². The van der Waals surface area contributed by atoms with Crippen molar-refractivity contribution >= 4 is 23.2 Å². The van der Waals surface area contributed by atoms with Gasteiger partial charge < -0.3 is 15.4 Å². The van der Waals surface area contributed by atoms with Gasteiger partial charge in [-0.1, -0.05) is 17.7 Å². The highest BCUT2D eigenvalue weighted by molar-refractivity contribution is 6.30. The molecular formula is C15H22ClN3O2. The summed E-state index contributed by atoms with van der Waals surface area (Å²) in [4.78, 5) is 14.2. The molecule has 1 aliphatic rings. The van der Waals surface area contributed by atoms with Gasteiger partial charge in [0.1, 0.15) is 0 Å². The summed E-state index contributed by atoms with van der Waals surface area (Å²) in [7, 11) is 1.92. The lowest BCUT2D eigenvalue weighted by Gasteiger charge is -2.32. The lowest BCUT2D eigenvalue weighted by atomic mass is 10.2. The molecule has 5 nitrogen and oxygen atoms in total. The van der Waals surface area contributed by atoms with Crippen molar-refractivity contribution < 1.29 is 9.53 Å². The lowest BCUT2D eigenvalue weighted by Crippen LogP contribution is -2.46. The van der Waals surface area contributed by atoms with Crippen LogP contribution in [-0.2, 0) is 9.53 Å². The smallest absolute Gasteiger partial charge is 0.225 e. The van der Waals surface area contributed by atoms with E-state index in [2.05, 4.69) is 15.5 Å². The fourth-order valence-electron chi connectivity index (χ4n) is 2.38. The largest absolute Gasteiger partial charge is 0.374 e. The number of ether oxygens (including phenoxy) is 1. The van der Waals surface area contributed by atoms with Crippen LogP contribution >= 0.6 is 11.6 Å². The Balaban J connectivity index is 1.73. The molecule has 0 aliphatic carbocycles. The summed E-state index contributed by atoms with van der Waals surface area (Å²) in [5.41, 5.74) is 0.738. The molecule has 1 atom stereocenters. The zero-order valence-electron chi connectivity index (χ0n) is 12.3. The van der Waals surface area contributed by atoms with E-state index in [0.29, 0.717) is 11.4 Å². The van der Waals surface area contributed by atoms with Crippen molar-refractivity contribution in [2.45, 2.75) is 12.5 Å². The molecule has 0 aromatic heterocycles. The third-order valence-corrected chi connectivity index (χ3v) is 3.65. The van der Waals surface area contributed by atoms with E-state index in [1.165, 1.54) is 0 Å². The van der Waals surface area contributed by atoms with Crippen LogP contribution in [0.5, 0.6) is 0 Å². The fourth-order valence-corrected chi connectivity index (χ4v) is 2.57. The van der Waals surface area contributed by atoms with E-state index < -0.39 is 0 Å². The van der Waals surface area contributed by atoms with Gasteiger partial charge in [-0.05, 0) is 25.2 Å². The number of rotatable bonds is 6. The summed E-state index contributed by atoms with van der Waals surface area (Å²) in [5.74, 6) is 0.00826. The zero-order valence-corrected chi connectivity index (χ0v) is 13.0. The third-order valence-electron chi connectivity index (χ3n) is 3.42. The molecule has 1 amide bonds. The molecule has 1 aliphatic heterocycles. The molecule has 1 aromatic carbocycles. The number of amides is 1. The maximum atomic E-state index is 11.9. The van der Waals surface area contributed by atoms with E-state index in [9.17, 15) is 4.79 Å². The van der Waals surface area contributed by atoms with Crippen LogP contribution in [0.3, 0.4) is 0 Å². The minimum atomic E-state index is 0.00826. The van der Waals surface area contributed by atoms with Crippen LogP contribution in [0, 0.1) is 0 Å². The molecule has 0 spiro atoms. The molecule has 2 N–H and O–H groups in total. The molecule has 6 heteroatoms. The van der Waals surface area contributed by atoms with Crippen molar-refractivity contribution in [1.29, 1.82) is 0 Å². The highest BCUT2D eigenvalue weighted by Gasteiger charge is 2.20. The number of likely N-dealkylation sites (N-methyl/N-ethyl adjacent to an activating group) is 1. The number of hydrogen-bond donors (Lipinski definition) is 2. The first-order valence-electron chi connectivity index (χ1n) is 7.21. The van der Waals surface area contributed by atoms with Crippen molar-refractivity contribution in [2.75, 3.05) is 45.2 Å². The first-order valence-corrected chi connectivity index (χ1v) is 7.59. The number of benzene rings is 1. The second-order valence-electron chi connectivity index (χ2n) is 5.16. The van der Waals surface area contributed by atoms with Gasteiger partial charge >= 0.3 is 0 Å². The van der Waals surface area contributed by atoms with Crippen molar-refractivity contribution in [1.82, 2.24) is 10.2 Å². The standard InChI is InChI=1S/C15H22ClN3O2/c1-17-10-14-11-19(7-8-21-14)6-5-15(20)18-13-4-2-3-12(16)9-13/h2-4,9,14,17H,5-8,10-11H2,1H3,(H,18,20). The Bertz CT molecular complexity index is 468. The van der Waals surface area contributed by atoms with E-state index in [1.54, 1.807) is 12.1 Å². The summed E-state index contributed by atoms with van der Waals surface area (Å²) >= 11 is 5.89. The molecule has 2 rings (SSSR count). The monoisotopic (exact) mass is 311 g/mol. The van der Waals surface area contributed by atoms with E-state index in [1.807, 2.05) is 19.2 Å². The predicted octanol–water partition coefficient (Wildman–Crippen LogP) is 1.59. The highest BCUT2D eigenvalue weighted by atomic mass is 35.5. The van der Waals surface area contributed by atoms with Gasteiger partial charge in [0.25, 0.3) is 0 Å². The Morgan fingerprint density at radius 1 is 1.52 bits per heavy atom. The number of anilines is 1. The third kappa shape index (κ3) is 5.63. The van der Waals surface area contributed by atoms with Crippen LogP contribution in [0.2, 0.25) is 5.02 Å². The zero-order chi connectivity index (χ0) is 15.1. The maximum absolute atomic E-state index is 11.9. The number of hydrogen-bond acceptors (Lipinski definition) is 4. The topological polar surface area (TPSA) is 53.6 Å². The molecule has 0 radical (unpaired) electrons. The Kier molecular flexibility index (Phi) is 6.45. The Morgan fingerprint density at radius 2 is 2.38 bits per heavy atom. The maximum Gasteiger partial charge on any atom is 0.225 e. The van der Waals surface area contributed by atoms with Crippen molar-refractivity contribution in [3.05, 3.63) is 29.3 Å². The Hall–Kier alpha value is -1.14. The van der Waals surface area contributed by atoms with Gasteiger partial charge in [-0.2, -0.15) is 0 Å². The summed E-state index contributed by atoms with van der Waals surface area (Å²) in [6.07, 6.45) is 0.679. The molecule has 0 bridgehead atoms. The molecule has 1 aromatic rings. The molecule has 1 fully saturated rings. The van der Waals surface area contributed by atoms with Gasteiger partial charge in [0.05, 0.1) is 12.7 Å². The lowest BCUT2D eigenvalue weighted by molar-refractivity contribution is -0.117. The molecule has 1 heterocycles. The first-order chi connectivity index (χ1) is 10.2. The number of nitrogens with one attached hydrogen (secondary N) is 2. The Morgan fingerprint density at radius 3 is 3.14 bits per heavy atom. The van der Waals surface area contributed by atoms with Crippen LogP contribution in [0.15, 0.2) is 24.3 Å². The van der Waals surface area contributed by atoms with Crippen LogP contribution in [0.1, 0.15) is 6.42 Å². The highest BCUT2D eigenvalue weighted by Crippen LogP contribution is 2.15. The number of carbonyl (C=O) groups excluding carboxylic acids is 1. The van der Waals surface area contributed by atoms with Crippen LogP contribution in [0.4, 0.5) is 5.69 Å². The van der Waals surface area contributed by atoms with Gasteiger partial charge in [-0.15, -0.1) is 0 Å². The summed E-state index contributed by atoms with van der Waals surface area (Å²) < 4.78 is 5.64. The second-order valence-corrected chi connectivity index (χ2v) is 5.60. The number of carbonyl (C=O) groups is 1. The second kappa shape index (κ2) is 8.34. The minimum Gasteiger partial charge on any atom is -0.374 e. The normalized spacial score (nSPS) is 19.4. The van der Waals surface area contributed by atoms with Gasteiger partial charge in [-0.3, -0.25) is 9.69 Å². The van der Waals surface area contributed by atoms with Crippen LogP contribution < -0.4 is 10.6 Å². The number of nitrogens with zero attached hydrogens (tertiary/aromatic N) is 1. The quantitative estimate of drug-likeness (QED) is 0.838. The minimum absolute atomic E-state index is 0.00826. The Labute approximate surface area is 130 Å². The van der Waals surface area contributed by atoms with E-state index in [4.69, 9.17) is 16.3 Å². The molecule has 21 heavy (non-hydrogen) atoms. The molecule has 1 saturated heterocycles. The average molecular weight is 312 g/mol. The molecular weight excluding hydrogens is 290 g/mol. The van der Waals surface area contributed by atoms with Gasteiger partial charge in [0.15, 0.2) is 0 Å². The predicted molar refractivity (Wildman–Crippen MR) is 84.8 cm³/mol. The number of halogens is 1. The first kappa shape index (κ1) is 16.2. The van der Waals surface area contributed by atoms with Crippen LogP contribution in [0.25, 0.3) is 0 Å². The summed E-state index contributed by atoms with van der Waals surface area (Å²) in [6.45, 7) is 4.05. The van der Waals surface area contributed by atoms with Gasteiger partial charge in [-0.25, -0.2) is 0 Å². The van der Waals surface area contributed by atoms with Crippen LogP contribution in [-0.4, -0.2) is 56.7 Å². The number of morpholine rings is 1. The van der Waals surface area contributed by atoms with Gasteiger partial charge in [0.2, 0.25) is 5.91 Å². The summed E-state index contributed by atoms with van der Waals surface area (Å²) in [5, 5.41) is 6.60.